The summed E-state index contributed by atoms with van der Waals surface area (Å²) in [5.41, 5.74) is 2.74. The first kappa shape index (κ1) is 30.0. The van der Waals surface area contributed by atoms with Crippen molar-refractivity contribution in [3.8, 4) is 11.5 Å². The highest BCUT2D eigenvalue weighted by atomic mass is 35.5. The van der Waals surface area contributed by atoms with E-state index in [-0.39, 0.29) is 12.0 Å². The molecular weight excluding hydrogens is 575 g/mol. The molecule has 2 fully saturated rings. The SMILES string of the molecule is C=CCOc1cccc(/C=C/C(=O)N2CCN(c3ccc(OC[C@@H]4CO[C@](C)(c5ccc(Cl)cc5Cl)O4)cc3)CC2)c1. The number of carbonyl (C=O) groups excluding carboxylic acids is 1. The lowest BCUT2D eigenvalue weighted by atomic mass is 10.1. The summed E-state index contributed by atoms with van der Waals surface area (Å²) in [7, 11) is 0. The van der Waals surface area contributed by atoms with Crippen molar-refractivity contribution in [2.24, 2.45) is 0 Å². The second-order valence-corrected chi connectivity index (χ2v) is 11.1. The summed E-state index contributed by atoms with van der Waals surface area (Å²) >= 11 is 12.4. The van der Waals surface area contributed by atoms with Crippen LogP contribution in [-0.2, 0) is 20.1 Å². The Kier molecular flexibility index (Phi) is 9.75. The molecule has 2 aliphatic heterocycles. The van der Waals surface area contributed by atoms with E-state index in [1.807, 2.05) is 72.5 Å². The van der Waals surface area contributed by atoms with Gasteiger partial charge in [-0.1, -0.05) is 54.1 Å². The molecule has 2 saturated heterocycles. The topological polar surface area (TPSA) is 60.5 Å². The van der Waals surface area contributed by atoms with Gasteiger partial charge in [-0.05, 0) is 67.1 Å². The first-order chi connectivity index (χ1) is 20.3. The molecule has 0 aliphatic carbocycles. The van der Waals surface area contributed by atoms with Crippen LogP contribution in [0.4, 0.5) is 5.69 Å². The van der Waals surface area contributed by atoms with Gasteiger partial charge in [-0.3, -0.25) is 4.79 Å². The lowest BCUT2D eigenvalue weighted by Gasteiger charge is -2.35. The molecule has 7 nitrogen and oxygen atoms in total. The van der Waals surface area contributed by atoms with Crippen molar-refractivity contribution >= 4 is 40.9 Å². The van der Waals surface area contributed by atoms with Crippen molar-refractivity contribution in [1.82, 2.24) is 4.90 Å². The lowest BCUT2D eigenvalue weighted by Crippen LogP contribution is -2.48. The molecule has 9 heteroatoms. The molecule has 0 radical (unpaired) electrons. The normalized spacial score (nSPS) is 20.6. The maximum atomic E-state index is 12.8. The van der Waals surface area contributed by atoms with Crippen LogP contribution in [0.5, 0.6) is 11.5 Å². The molecule has 5 rings (SSSR count). The number of halogens is 2. The lowest BCUT2D eigenvalue weighted by molar-refractivity contribution is -0.164. The molecule has 0 saturated carbocycles. The van der Waals surface area contributed by atoms with Crippen molar-refractivity contribution in [3.05, 3.63) is 107 Å². The van der Waals surface area contributed by atoms with Crippen LogP contribution in [0.15, 0.2) is 85.5 Å². The van der Waals surface area contributed by atoms with Crippen LogP contribution in [0.25, 0.3) is 6.08 Å². The Bertz CT molecular complexity index is 1420. The van der Waals surface area contributed by atoms with E-state index in [0.29, 0.717) is 43.0 Å². The third-order valence-corrected chi connectivity index (χ3v) is 7.78. The van der Waals surface area contributed by atoms with E-state index in [2.05, 4.69) is 11.5 Å². The van der Waals surface area contributed by atoms with Gasteiger partial charge in [0.05, 0.1) is 11.6 Å². The summed E-state index contributed by atoms with van der Waals surface area (Å²) in [5.74, 6) is 0.546. The molecule has 0 unspecified atom stereocenters. The summed E-state index contributed by atoms with van der Waals surface area (Å²) in [6.07, 6.45) is 4.91. The molecule has 0 spiro atoms. The number of hydrogen-bond acceptors (Lipinski definition) is 6. The van der Waals surface area contributed by atoms with Gasteiger partial charge in [-0.25, -0.2) is 0 Å². The molecule has 2 aliphatic rings. The number of rotatable bonds is 10. The highest BCUT2D eigenvalue weighted by Crippen LogP contribution is 2.38. The standard InChI is InChI=1S/C33H34Cl2N2O5/c1-3-19-39-28-6-4-5-24(20-28)7-14-32(38)37-17-15-36(16-18-37)26-9-11-27(12-10-26)40-22-29-23-41-33(2,42-29)30-13-8-25(34)21-31(30)35/h3-14,20-21,29H,1,15-19,22-23H2,2H3/b14-7+/t29-,33+/m1/s1. The Hall–Kier alpha value is -3.49. The van der Waals surface area contributed by atoms with Crippen LogP contribution in [0.2, 0.25) is 10.0 Å². The van der Waals surface area contributed by atoms with Crippen molar-refractivity contribution in [3.63, 3.8) is 0 Å². The van der Waals surface area contributed by atoms with Crippen LogP contribution in [0.1, 0.15) is 18.1 Å². The molecule has 220 valence electrons. The summed E-state index contributed by atoms with van der Waals surface area (Å²) in [6.45, 7) is 9.50. The van der Waals surface area contributed by atoms with Gasteiger partial charge in [-0.15, -0.1) is 0 Å². The fraction of sp³-hybridized carbons (Fsp3) is 0.303. The fourth-order valence-corrected chi connectivity index (χ4v) is 5.56. The smallest absolute Gasteiger partial charge is 0.246 e. The van der Waals surface area contributed by atoms with Gasteiger partial charge >= 0.3 is 0 Å². The predicted molar refractivity (Wildman–Crippen MR) is 167 cm³/mol. The third kappa shape index (κ3) is 7.47. The number of hydrogen-bond donors (Lipinski definition) is 0. The number of nitrogens with zero attached hydrogens (tertiary/aromatic N) is 2. The van der Waals surface area contributed by atoms with E-state index in [1.54, 1.807) is 24.3 Å². The second kappa shape index (κ2) is 13.7. The van der Waals surface area contributed by atoms with Crippen LogP contribution in [-0.4, -0.2) is 62.9 Å². The fourth-order valence-electron chi connectivity index (χ4n) is 4.98. The van der Waals surface area contributed by atoms with E-state index in [4.69, 9.17) is 42.1 Å². The van der Waals surface area contributed by atoms with E-state index < -0.39 is 5.79 Å². The maximum absolute atomic E-state index is 12.8. The van der Waals surface area contributed by atoms with Crippen LogP contribution in [0.3, 0.4) is 0 Å². The molecule has 0 N–H and O–H groups in total. The van der Waals surface area contributed by atoms with Gasteiger partial charge in [-0.2, -0.15) is 0 Å². The molecule has 2 atom stereocenters. The van der Waals surface area contributed by atoms with Crippen molar-refractivity contribution in [2.45, 2.75) is 18.8 Å². The summed E-state index contributed by atoms with van der Waals surface area (Å²) in [4.78, 5) is 16.9. The minimum absolute atomic E-state index is 0.00311. The average Bonchev–Trinajstić information content (AvgIpc) is 3.39. The van der Waals surface area contributed by atoms with Gasteiger partial charge < -0.3 is 28.7 Å². The Labute approximate surface area is 256 Å². The van der Waals surface area contributed by atoms with E-state index in [0.717, 1.165) is 41.4 Å². The number of carbonyl (C=O) groups is 1. The van der Waals surface area contributed by atoms with E-state index in [1.165, 1.54) is 0 Å². The zero-order valence-corrected chi connectivity index (χ0v) is 25.0. The second-order valence-electron chi connectivity index (χ2n) is 10.2. The largest absolute Gasteiger partial charge is 0.491 e. The third-order valence-electron chi connectivity index (χ3n) is 7.23. The number of amides is 1. The monoisotopic (exact) mass is 608 g/mol. The van der Waals surface area contributed by atoms with Crippen LogP contribution in [0, 0.1) is 0 Å². The number of benzene rings is 3. The Morgan fingerprint density at radius 3 is 2.55 bits per heavy atom. The van der Waals surface area contributed by atoms with Crippen LogP contribution < -0.4 is 14.4 Å². The minimum Gasteiger partial charge on any atom is -0.491 e. The van der Waals surface area contributed by atoms with Crippen molar-refractivity contribution < 1.29 is 23.7 Å². The highest BCUT2D eigenvalue weighted by Gasteiger charge is 2.40. The van der Waals surface area contributed by atoms with Gasteiger partial charge in [0.1, 0.15) is 30.8 Å². The van der Waals surface area contributed by atoms with E-state index >= 15 is 0 Å². The summed E-state index contributed by atoms with van der Waals surface area (Å²) in [6, 6.07) is 20.9. The molecule has 0 aromatic heterocycles. The molecule has 2 heterocycles. The summed E-state index contributed by atoms with van der Waals surface area (Å²) in [5, 5.41) is 1.06. The number of anilines is 1. The average molecular weight is 610 g/mol. The van der Waals surface area contributed by atoms with Gasteiger partial charge in [0.2, 0.25) is 5.91 Å². The van der Waals surface area contributed by atoms with Crippen LogP contribution >= 0.6 is 23.2 Å². The molecular formula is C33H34Cl2N2O5. The first-order valence-corrected chi connectivity index (χ1v) is 14.6. The molecule has 0 bridgehead atoms. The molecule has 3 aromatic rings. The Morgan fingerprint density at radius 1 is 1.02 bits per heavy atom. The van der Waals surface area contributed by atoms with Crippen molar-refractivity contribution in [1.29, 1.82) is 0 Å². The number of ether oxygens (including phenoxy) is 4. The zero-order chi connectivity index (χ0) is 29.5. The molecule has 42 heavy (non-hydrogen) atoms. The van der Waals surface area contributed by atoms with Gasteiger partial charge in [0.25, 0.3) is 0 Å². The summed E-state index contributed by atoms with van der Waals surface area (Å²) < 4.78 is 23.7. The first-order valence-electron chi connectivity index (χ1n) is 13.9. The quantitative estimate of drug-likeness (QED) is 0.191. The highest BCUT2D eigenvalue weighted by molar-refractivity contribution is 6.35. The zero-order valence-electron chi connectivity index (χ0n) is 23.5. The Balaban J connectivity index is 1.07. The van der Waals surface area contributed by atoms with Crippen molar-refractivity contribution in [2.75, 3.05) is 50.9 Å². The predicted octanol–water partition coefficient (Wildman–Crippen LogP) is 6.59. The Morgan fingerprint density at radius 2 is 1.81 bits per heavy atom. The van der Waals surface area contributed by atoms with E-state index in [9.17, 15) is 4.79 Å². The van der Waals surface area contributed by atoms with Gasteiger partial charge in [0, 0.05) is 48.5 Å². The number of piperazine rings is 1. The maximum Gasteiger partial charge on any atom is 0.246 e. The molecule has 3 aromatic carbocycles. The van der Waals surface area contributed by atoms with Gasteiger partial charge in [0.15, 0.2) is 5.79 Å². The minimum atomic E-state index is -0.954. The molecule has 1 amide bonds.